The monoisotopic (exact) mass is 393 g/mol. The Kier molecular flexibility index (Phi) is 5.41. The van der Waals surface area contributed by atoms with Crippen LogP contribution in [0.25, 0.3) is 0 Å². The molecule has 2 aromatic carbocycles. The van der Waals surface area contributed by atoms with Crippen LogP contribution in [0.15, 0.2) is 47.4 Å². The highest BCUT2D eigenvalue weighted by Gasteiger charge is 2.29. The van der Waals surface area contributed by atoms with Gasteiger partial charge >= 0.3 is 5.97 Å². The molecule has 0 aliphatic carbocycles. The van der Waals surface area contributed by atoms with Crippen molar-refractivity contribution in [2.75, 3.05) is 31.4 Å². The molecule has 0 saturated carbocycles. The zero-order chi connectivity index (χ0) is 19.4. The van der Waals surface area contributed by atoms with Crippen LogP contribution in [-0.4, -0.2) is 41.4 Å². The summed E-state index contributed by atoms with van der Waals surface area (Å²) in [5.74, 6) is 0.782. The molecule has 1 aliphatic rings. The van der Waals surface area contributed by atoms with Gasteiger partial charge in [-0.25, -0.2) is 8.42 Å². The van der Waals surface area contributed by atoms with E-state index in [0.717, 1.165) is 4.31 Å². The van der Waals surface area contributed by atoms with Crippen LogP contribution in [0.3, 0.4) is 0 Å². The number of benzene rings is 2. The predicted octanol–water partition coefficient (Wildman–Crippen LogP) is 2.18. The molecule has 0 radical (unpaired) electrons. The van der Waals surface area contributed by atoms with Crippen LogP contribution in [0.5, 0.6) is 17.2 Å². The lowest BCUT2D eigenvalue weighted by Crippen LogP contribution is -2.36. The predicted molar refractivity (Wildman–Crippen MR) is 96.7 cm³/mol. The van der Waals surface area contributed by atoms with Crippen molar-refractivity contribution in [3.8, 4) is 17.2 Å². The normalized spacial score (nSPS) is 12.5. The van der Waals surface area contributed by atoms with Gasteiger partial charge in [-0.3, -0.25) is 9.10 Å². The molecule has 2 aromatic rings. The van der Waals surface area contributed by atoms with Gasteiger partial charge in [-0.1, -0.05) is 0 Å². The van der Waals surface area contributed by atoms with Gasteiger partial charge in [-0.15, -0.1) is 0 Å². The summed E-state index contributed by atoms with van der Waals surface area (Å²) < 4.78 is 47.9. The third-order valence-corrected chi connectivity index (χ3v) is 5.66. The van der Waals surface area contributed by atoms with Crippen molar-refractivity contribution in [2.24, 2.45) is 0 Å². The van der Waals surface area contributed by atoms with Crippen LogP contribution in [0, 0.1) is 0 Å². The van der Waals surface area contributed by atoms with E-state index in [1.54, 1.807) is 19.1 Å². The molecule has 0 N–H and O–H groups in total. The summed E-state index contributed by atoms with van der Waals surface area (Å²) in [6, 6.07) is 10.6. The molecule has 0 fully saturated rings. The first-order valence-corrected chi connectivity index (χ1v) is 9.61. The quantitative estimate of drug-likeness (QED) is 0.666. The van der Waals surface area contributed by atoms with Crippen molar-refractivity contribution >= 4 is 21.7 Å². The van der Waals surface area contributed by atoms with Gasteiger partial charge < -0.3 is 18.9 Å². The lowest BCUT2D eigenvalue weighted by molar-refractivity contribution is -0.141. The van der Waals surface area contributed by atoms with Gasteiger partial charge in [0.05, 0.1) is 24.3 Å². The molecule has 0 saturated heterocycles. The second kappa shape index (κ2) is 7.75. The fourth-order valence-electron chi connectivity index (χ4n) is 2.55. The van der Waals surface area contributed by atoms with Crippen LogP contribution >= 0.6 is 0 Å². The zero-order valence-corrected chi connectivity index (χ0v) is 15.7. The molecule has 1 aliphatic heterocycles. The highest BCUT2D eigenvalue weighted by Crippen LogP contribution is 2.37. The molecule has 8 nitrogen and oxygen atoms in total. The average molecular weight is 393 g/mol. The number of carbonyl (C=O) groups excluding carboxylic acids is 1. The average Bonchev–Trinajstić information content (AvgIpc) is 3.14. The third kappa shape index (κ3) is 3.92. The van der Waals surface area contributed by atoms with Crippen molar-refractivity contribution in [1.29, 1.82) is 0 Å². The van der Waals surface area contributed by atoms with E-state index in [2.05, 4.69) is 0 Å². The molecule has 27 heavy (non-hydrogen) atoms. The maximum atomic E-state index is 13.2. The fraction of sp³-hybridized carbons (Fsp3) is 0.278. The summed E-state index contributed by atoms with van der Waals surface area (Å²) >= 11 is 0. The number of ether oxygens (including phenoxy) is 4. The largest absolute Gasteiger partial charge is 0.497 e. The number of rotatable bonds is 7. The third-order valence-electron chi connectivity index (χ3n) is 3.87. The van der Waals surface area contributed by atoms with Crippen molar-refractivity contribution in [1.82, 2.24) is 0 Å². The number of carbonyl (C=O) groups is 1. The van der Waals surface area contributed by atoms with Crippen LogP contribution in [-0.2, 0) is 19.6 Å². The Balaban J connectivity index is 2.01. The van der Waals surface area contributed by atoms with E-state index < -0.39 is 22.5 Å². The molecular formula is C18H19NO7S. The Morgan fingerprint density at radius 1 is 1.11 bits per heavy atom. The minimum atomic E-state index is -4.03. The Bertz CT molecular complexity index is 925. The number of methoxy groups -OCH3 is 1. The van der Waals surface area contributed by atoms with Crippen molar-refractivity contribution in [2.45, 2.75) is 11.8 Å². The molecule has 9 heteroatoms. The number of hydrogen-bond donors (Lipinski definition) is 0. The molecule has 0 unspecified atom stereocenters. The smallest absolute Gasteiger partial charge is 0.326 e. The lowest BCUT2D eigenvalue weighted by atomic mass is 10.3. The lowest BCUT2D eigenvalue weighted by Gasteiger charge is -2.24. The highest BCUT2D eigenvalue weighted by molar-refractivity contribution is 7.92. The van der Waals surface area contributed by atoms with Gasteiger partial charge in [0.1, 0.15) is 12.3 Å². The first kappa shape index (κ1) is 18.8. The minimum absolute atomic E-state index is 0.0188. The van der Waals surface area contributed by atoms with Gasteiger partial charge in [0, 0.05) is 6.07 Å². The van der Waals surface area contributed by atoms with Crippen molar-refractivity contribution < 1.29 is 32.2 Å². The molecule has 1 heterocycles. The van der Waals surface area contributed by atoms with E-state index in [1.807, 2.05) is 0 Å². The highest BCUT2D eigenvalue weighted by atomic mass is 32.2. The molecule has 3 rings (SSSR count). The molecule has 0 spiro atoms. The first-order valence-electron chi connectivity index (χ1n) is 8.17. The number of sulfonamides is 1. The molecule has 0 atom stereocenters. The number of anilines is 1. The Morgan fingerprint density at radius 2 is 1.81 bits per heavy atom. The van der Waals surface area contributed by atoms with Crippen LogP contribution < -0.4 is 18.5 Å². The molecule has 0 aromatic heterocycles. The first-order chi connectivity index (χ1) is 13.0. The zero-order valence-electron chi connectivity index (χ0n) is 14.9. The summed E-state index contributed by atoms with van der Waals surface area (Å²) in [6.45, 7) is 1.39. The second-order valence-electron chi connectivity index (χ2n) is 5.53. The molecule has 144 valence electrons. The van der Waals surface area contributed by atoms with E-state index >= 15 is 0 Å². The van der Waals surface area contributed by atoms with Crippen molar-refractivity contribution in [3.05, 3.63) is 42.5 Å². The van der Waals surface area contributed by atoms with Crippen LogP contribution in [0.2, 0.25) is 0 Å². The van der Waals surface area contributed by atoms with Crippen molar-refractivity contribution in [3.63, 3.8) is 0 Å². The van der Waals surface area contributed by atoms with Gasteiger partial charge in [-0.2, -0.15) is 0 Å². The van der Waals surface area contributed by atoms with Crippen LogP contribution in [0.4, 0.5) is 5.69 Å². The maximum absolute atomic E-state index is 13.2. The topological polar surface area (TPSA) is 91.4 Å². The van der Waals surface area contributed by atoms with Crippen LogP contribution in [0.1, 0.15) is 6.92 Å². The van der Waals surface area contributed by atoms with Gasteiger partial charge in [0.15, 0.2) is 11.5 Å². The molecule has 0 bridgehead atoms. The van der Waals surface area contributed by atoms with E-state index in [-0.39, 0.29) is 24.0 Å². The summed E-state index contributed by atoms with van der Waals surface area (Å²) in [7, 11) is -2.54. The van der Waals surface area contributed by atoms with E-state index in [0.29, 0.717) is 17.2 Å². The minimum Gasteiger partial charge on any atom is -0.497 e. The number of nitrogens with zero attached hydrogens (tertiary/aromatic N) is 1. The Labute approximate surface area is 157 Å². The van der Waals surface area contributed by atoms with Gasteiger partial charge in [0.25, 0.3) is 10.0 Å². The summed E-state index contributed by atoms with van der Waals surface area (Å²) in [4.78, 5) is 12.1. The molecule has 0 amide bonds. The number of fused-ring (bicyclic) bond motifs is 1. The summed E-state index contributed by atoms with van der Waals surface area (Å²) in [5, 5.41) is 0. The Hall–Kier alpha value is -2.94. The number of hydrogen-bond acceptors (Lipinski definition) is 7. The molecular weight excluding hydrogens is 374 g/mol. The van der Waals surface area contributed by atoms with Gasteiger partial charge in [-0.05, 0) is 43.3 Å². The standard InChI is InChI=1S/C18H19NO7S/c1-3-24-18(20)11-19(13-4-9-16-17(10-13)26-12-25-16)27(21,22)15-7-5-14(23-2)6-8-15/h4-10H,3,11-12H2,1-2H3. The fourth-order valence-corrected chi connectivity index (χ4v) is 3.96. The van der Waals surface area contributed by atoms with E-state index in [9.17, 15) is 13.2 Å². The maximum Gasteiger partial charge on any atom is 0.326 e. The summed E-state index contributed by atoms with van der Waals surface area (Å²) in [5.41, 5.74) is 0.267. The van der Waals surface area contributed by atoms with E-state index in [4.69, 9.17) is 18.9 Å². The van der Waals surface area contributed by atoms with E-state index in [1.165, 1.54) is 37.4 Å². The SMILES string of the molecule is CCOC(=O)CN(c1ccc2c(c1)OCO2)S(=O)(=O)c1ccc(OC)cc1. The second-order valence-corrected chi connectivity index (χ2v) is 7.39. The number of esters is 1. The summed E-state index contributed by atoms with van der Waals surface area (Å²) in [6.07, 6.45) is 0. The Morgan fingerprint density at radius 3 is 2.48 bits per heavy atom. The van der Waals surface area contributed by atoms with Gasteiger partial charge in [0.2, 0.25) is 6.79 Å².